The first-order chi connectivity index (χ1) is 8.81. The molecule has 0 amide bonds. The van der Waals surface area contributed by atoms with Gasteiger partial charge in [-0.25, -0.2) is 13.1 Å². The maximum Gasteiger partial charge on any atom is 0.242 e. The molecule has 5 nitrogen and oxygen atoms in total. The fraction of sp³-hybridized carbons (Fsp3) is 0.538. The number of aliphatic hydroxyl groups is 1. The summed E-state index contributed by atoms with van der Waals surface area (Å²) >= 11 is 0. The number of benzene rings is 1. The van der Waals surface area contributed by atoms with Crippen molar-refractivity contribution in [2.24, 2.45) is 0 Å². The topological polar surface area (TPSA) is 92.4 Å². The average molecular weight is 286 g/mol. The summed E-state index contributed by atoms with van der Waals surface area (Å²) in [7, 11) is -3.65. The van der Waals surface area contributed by atoms with Crippen molar-refractivity contribution in [1.29, 1.82) is 0 Å². The van der Waals surface area contributed by atoms with Crippen LogP contribution in [0.25, 0.3) is 0 Å². The second-order valence-corrected chi connectivity index (χ2v) is 6.40. The van der Waals surface area contributed by atoms with Gasteiger partial charge in [0.2, 0.25) is 10.0 Å². The Balaban J connectivity index is 3.10. The smallest absolute Gasteiger partial charge is 0.242 e. The van der Waals surface area contributed by atoms with Crippen LogP contribution in [0.15, 0.2) is 17.0 Å². The van der Waals surface area contributed by atoms with Crippen molar-refractivity contribution >= 4 is 15.7 Å². The summed E-state index contributed by atoms with van der Waals surface area (Å²) < 4.78 is 27.2. The molecule has 0 aromatic heterocycles. The molecule has 0 saturated heterocycles. The molecule has 1 aromatic carbocycles. The Kier molecular flexibility index (Phi) is 5.34. The number of nitrogens with one attached hydrogen (secondary N) is 1. The van der Waals surface area contributed by atoms with E-state index in [9.17, 15) is 8.42 Å². The highest BCUT2D eigenvalue weighted by molar-refractivity contribution is 7.89. The molecule has 1 unspecified atom stereocenters. The number of aryl methyl sites for hydroxylation is 2. The van der Waals surface area contributed by atoms with Crippen molar-refractivity contribution in [1.82, 2.24) is 4.72 Å². The van der Waals surface area contributed by atoms with E-state index in [1.54, 1.807) is 12.1 Å². The minimum absolute atomic E-state index is 0.0521. The van der Waals surface area contributed by atoms with Crippen LogP contribution in [0.1, 0.15) is 30.9 Å². The Morgan fingerprint density at radius 3 is 2.42 bits per heavy atom. The Bertz CT molecular complexity index is 541. The van der Waals surface area contributed by atoms with E-state index in [1.807, 2.05) is 20.8 Å². The van der Waals surface area contributed by atoms with Gasteiger partial charge in [0.25, 0.3) is 0 Å². The van der Waals surface area contributed by atoms with E-state index in [1.165, 1.54) is 0 Å². The maximum absolute atomic E-state index is 12.3. The van der Waals surface area contributed by atoms with Crippen molar-refractivity contribution in [3.8, 4) is 0 Å². The van der Waals surface area contributed by atoms with Crippen molar-refractivity contribution < 1.29 is 13.5 Å². The number of rotatable bonds is 6. The van der Waals surface area contributed by atoms with Crippen molar-refractivity contribution in [3.05, 3.63) is 23.3 Å². The van der Waals surface area contributed by atoms with Gasteiger partial charge in [-0.05, 0) is 49.9 Å². The van der Waals surface area contributed by atoms with Crippen LogP contribution in [0.2, 0.25) is 0 Å². The number of anilines is 1. The van der Waals surface area contributed by atoms with Gasteiger partial charge in [0, 0.05) is 12.6 Å². The molecule has 0 fully saturated rings. The highest BCUT2D eigenvalue weighted by Gasteiger charge is 2.21. The molecule has 0 heterocycles. The zero-order valence-corrected chi connectivity index (χ0v) is 12.4. The second-order valence-electron chi connectivity index (χ2n) is 4.71. The number of hydrogen-bond donors (Lipinski definition) is 3. The van der Waals surface area contributed by atoms with E-state index in [0.717, 1.165) is 11.1 Å². The molecule has 1 atom stereocenters. The molecule has 1 rings (SSSR count). The van der Waals surface area contributed by atoms with Crippen LogP contribution in [0.3, 0.4) is 0 Å². The van der Waals surface area contributed by atoms with Gasteiger partial charge in [0.1, 0.15) is 4.90 Å². The summed E-state index contributed by atoms with van der Waals surface area (Å²) in [5.74, 6) is 0. The minimum Gasteiger partial charge on any atom is -0.398 e. The van der Waals surface area contributed by atoms with Gasteiger partial charge in [-0.1, -0.05) is 6.92 Å². The van der Waals surface area contributed by atoms with Crippen LogP contribution < -0.4 is 10.5 Å². The van der Waals surface area contributed by atoms with Gasteiger partial charge in [0.15, 0.2) is 0 Å². The van der Waals surface area contributed by atoms with E-state index >= 15 is 0 Å². The van der Waals surface area contributed by atoms with E-state index < -0.39 is 10.0 Å². The summed E-state index contributed by atoms with van der Waals surface area (Å²) in [6.45, 7) is 5.55. The van der Waals surface area contributed by atoms with Crippen LogP contribution in [0.5, 0.6) is 0 Å². The van der Waals surface area contributed by atoms with Gasteiger partial charge >= 0.3 is 0 Å². The Morgan fingerprint density at radius 1 is 1.32 bits per heavy atom. The molecule has 4 N–H and O–H groups in total. The molecule has 19 heavy (non-hydrogen) atoms. The van der Waals surface area contributed by atoms with E-state index in [-0.39, 0.29) is 23.2 Å². The Morgan fingerprint density at radius 2 is 1.89 bits per heavy atom. The predicted molar refractivity (Wildman–Crippen MR) is 76.4 cm³/mol. The first-order valence-electron chi connectivity index (χ1n) is 6.31. The van der Waals surface area contributed by atoms with Gasteiger partial charge in [0.05, 0.1) is 5.69 Å². The second kappa shape index (κ2) is 6.36. The monoisotopic (exact) mass is 286 g/mol. The summed E-state index contributed by atoms with van der Waals surface area (Å²) in [6, 6.07) is 2.96. The zero-order chi connectivity index (χ0) is 14.6. The third-order valence-electron chi connectivity index (χ3n) is 3.21. The number of sulfonamides is 1. The number of nitrogen functional groups attached to an aromatic ring is 1. The molecule has 0 radical (unpaired) electrons. The van der Waals surface area contributed by atoms with Crippen LogP contribution in [-0.4, -0.2) is 26.2 Å². The fourth-order valence-electron chi connectivity index (χ4n) is 1.83. The third-order valence-corrected chi connectivity index (χ3v) is 4.78. The first-order valence-corrected chi connectivity index (χ1v) is 7.80. The predicted octanol–water partition coefficient (Wildman–Crippen LogP) is 1.32. The normalized spacial score (nSPS) is 13.5. The van der Waals surface area contributed by atoms with Gasteiger partial charge in [-0.15, -0.1) is 0 Å². The molecule has 0 saturated carbocycles. The largest absolute Gasteiger partial charge is 0.398 e. The number of hydrogen-bond acceptors (Lipinski definition) is 4. The molecule has 0 spiro atoms. The lowest BCUT2D eigenvalue weighted by Gasteiger charge is -2.17. The third kappa shape index (κ3) is 3.92. The van der Waals surface area contributed by atoms with Crippen molar-refractivity contribution in [2.75, 3.05) is 12.3 Å². The van der Waals surface area contributed by atoms with E-state index in [0.29, 0.717) is 12.8 Å². The van der Waals surface area contributed by atoms with Crippen LogP contribution in [0.4, 0.5) is 5.69 Å². The molecular formula is C13H22N2O3S. The molecule has 0 aliphatic carbocycles. The summed E-state index contributed by atoms with van der Waals surface area (Å²) in [5, 5.41) is 8.91. The van der Waals surface area contributed by atoms with E-state index in [2.05, 4.69) is 4.72 Å². The molecular weight excluding hydrogens is 264 g/mol. The fourth-order valence-corrected chi connectivity index (χ4v) is 3.38. The summed E-state index contributed by atoms with van der Waals surface area (Å²) in [5.41, 5.74) is 7.88. The maximum atomic E-state index is 12.3. The zero-order valence-electron chi connectivity index (χ0n) is 11.6. The average Bonchev–Trinajstić information content (AvgIpc) is 2.32. The number of nitrogens with two attached hydrogens (primary N) is 1. The molecule has 0 bridgehead atoms. The van der Waals surface area contributed by atoms with Crippen LogP contribution >= 0.6 is 0 Å². The van der Waals surface area contributed by atoms with E-state index in [4.69, 9.17) is 10.8 Å². The minimum atomic E-state index is -3.65. The van der Waals surface area contributed by atoms with Gasteiger partial charge < -0.3 is 10.8 Å². The SMILES string of the molecule is CCC(CCO)NS(=O)(=O)c1cc(C)c(C)cc1N. The lowest BCUT2D eigenvalue weighted by atomic mass is 10.1. The van der Waals surface area contributed by atoms with Gasteiger partial charge in [-0.3, -0.25) is 0 Å². The standard InChI is InChI=1S/C13H22N2O3S/c1-4-11(5-6-16)15-19(17,18)13-8-10(3)9(2)7-12(13)14/h7-8,11,15-16H,4-6,14H2,1-3H3. The molecule has 0 aliphatic heterocycles. The quantitative estimate of drug-likeness (QED) is 0.688. The summed E-state index contributed by atoms with van der Waals surface area (Å²) in [4.78, 5) is 0.104. The first kappa shape index (κ1) is 15.9. The molecule has 0 aliphatic rings. The lowest BCUT2D eigenvalue weighted by molar-refractivity contribution is 0.270. The molecule has 108 valence electrons. The van der Waals surface area contributed by atoms with Crippen LogP contribution in [0, 0.1) is 13.8 Å². The van der Waals surface area contributed by atoms with Crippen molar-refractivity contribution in [3.63, 3.8) is 0 Å². The molecule has 6 heteroatoms. The Hall–Kier alpha value is -1.11. The van der Waals surface area contributed by atoms with Crippen LogP contribution in [-0.2, 0) is 10.0 Å². The lowest BCUT2D eigenvalue weighted by Crippen LogP contribution is -2.35. The number of aliphatic hydroxyl groups excluding tert-OH is 1. The highest BCUT2D eigenvalue weighted by Crippen LogP contribution is 2.23. The highest BCUT2D eigenvalue weighted by atomic mass is 32.2. The van der Waals surface area contributed by atoms with Crippen molar-refractivity contribution in [2.45, 2.75) is 44.6 Å². The Labute approximate surface area is 114 Å². The van der Waals surface area contributed by atoms with Gasteiger partial charge in [-0.2, -0.15) is 0 Å². The molecule has 1 aromatic rings. The summed E-state index contributed by atoms with van der Waals surface area (Å²) in [6.07, 6.45) is 1.00.